The highest BCUT2D eigenvalue weighted by atomic mass is 35.5. The van der Waals surface area contributed by atoms with Crippen LogP contribution in [0.4, 0.5) is 0 Å². The Morgan fingerprint density at radius 2 is 2.42 bits per heavy atom. The van der Waals surface area contributed by atoms with E-state index >= 15 is 0 Å². The van der Waals surface area contributed by atoms with Gasteiger partial charge < -0.3 is 9.42 Å². The van der Waals surface area contributed by atoms with Crippen molar-refractivity contribution >= 4 is 28.8 Å². The summed E-state index contributed by atoms with van der Waals surface area (Å²) in [5.41, 5.74) is 0. The predicted octanol–water partition coefficient (Wildman–Crippen LogP) is 3.07. The van der Waals surface area contributed by atoms with Crippen LogP contribution >= 0.6 is 22.9 Å². The van der Waals surface area contributed by atoms with Gasteiger partial charge in [0.1, 0.15) is 6.04 Å². The molecule has 0 aliphatic carbocycles. The minimum absolute atomic E-state index is 0.0183. The van der Waals surface area contributed by atoms with Gasteiger partial charge in [-0.1, -0.05) is 16.8 Å². The SMILES string of the molecule is Cc1noc(C2CCCN2C(=O)c2ccc(Cl)s2)n1. The molecule has 1 fully saturated rings. The maximum absolute atomic E-state index is 12.4. The first-order valence-corrected chi connectivity index (χ1v) is 7.21. The summed E-state index contributed by atoms with van der Waals surface area (Å²) in [6, 6.07) is 3.38. The zero-order valence-electron chi connectivity index (χ0n) is 10.3. The fraction of sp³-hybridized carbons (Fsp3) is 0.417. The predicted molar refractivity (Wildman–Crippen MR) is 71.4 cm³/mol. The number of aryl methyl sites for hydroxylation is 1. The van der Waals surface area contributed by atoms with Crippen molar-refractivity contribution < 1.29 is 9.32 Å². The molecule has 0 bridgehead atoms. The van der Waals surface area contributed by atoms with Crippen molar-refractivity contribution in [2.75, 3.05) is 6.54 Å². The molecule has 5 nitrogen and oxygen atoms in total. The van der Waals surface area contributed by atoms with E-state index in [2.05, 4.69) is 10.1 Å². The van der Waals surface area contributed by atoms with E-state index in [0.29, 0.717) is 27.5 Å². The lowest BCUT2D eigenvalue weighted by Gasteiger charge is -2.20. The number of thiophene rings is 1. The van der Waals surface area contributed by atoms with Crippen LogP contribution in [0.5, 0.6) is 0 Å². The molecule has 7 heteroatoms. The molecule has 0 saturated carbocycles. The number of amides is 1. The monoisotopic (exact) mass is 297 g/mol. The topological polar surface area (TPSA) is 59.2 Å². The lowest BCUT2D eigenvalue weighted by molar-refractivity contribution is 0.0715. The van der Waals surface area contributed by atoms with Gasteiger partial charge in [-0.3, -0.25) is 4.79 Å². The Balaban J connectivity index is 1.85. The van der Waals surface area contributed by atoms with Gasteiger partial charge >= 0.3 is 0 Å². The van der Waals surface area contributed by atoms with E-state index in [0.717, 1.165) is 12.8 Å². The van der Waals surface area contributed by atoms with E-state index in [1.54, 1.807) is 24.0 Å². The Labute approximate surface area is 119 Å². The Hall–Kier alpha value is -1.40. The molecule has 1 saturated heterocycles. The molecular weight excluding hydrogens is 286 g/mol. The Morgan fingerprint density at radius 1 is 1.58 bits per heavy atom. The molecule has 19 heavy (non-hydrogen) atoms. The van der Waals surface area contributed by atoms with Crippen molar-refractivity contribution in [2.24, 2.45) is 0 Å². The van der Waals surface area contributed by atoms with Crippen LogP contribution in [0.15, 0.2) is 16.7 Å². The summed E-state index contributed by atoms with van der Waals surface area (Å²) < 4.78 is 5.81. The fourth-order valence-electron chi connectivity index (χ4n) is 2.29. The molecule has 2 aromatic rings. The van der Waals surface area contributed by atoms with Crippen molar-refractivity contribution in [1.29, 1.82) is 0 Å². The number of aromatic nitrogens is 2. The number of halogens is 1. The molecule has 0 radical (unpaired) electrons. The molecule has 1 amide bonds. The summed E-state index contributed by atoms with van der Waals surface area (Å²) in [7, 11) is 0. The Morgan fingerprint density at radius 3 is 3.05 bits per heavy atom. The lowest BCUT2D eigenvalue weighted by Crippen LogP contribution is -2.30. The van der Waals surface area contributed by atoms with Gasteiger partial charge in [0, 0.05) is 6.54 Å². The van der Waals surface area contributed by atoms with E-state index in [-0.39, 0.29) is 11.9 Å². The first kappa shape index (κ1) is 12.6. The number of hydrogen-bond acceptors (Lipinski definition) is 5. The van der Waals surface area contributed by atoms with Gasteiger partial charge in [-0.05, 0) is 31.9 Å². The van der Waals surface area contributed by atoms with Crippen molar-refractivity contribution in [3.8, 4) is 0 Å². The average molecular weight is 298 g/mol. The quantitative estimate of drug-likeness (QED) is 0.855. The second-order valence-corrected chi connectivity index (χ2v) is 6.16. The number of hydrogen-bond donors (Lipinski definition) is 0. The molecule has 3 rings (SSSR count). The molecule has 0 aromatic carbocycles. The number of nitrogens with zero attached hydrogens (tertiary/aromatic N) is 3. The van der Waals surface area contributed by atoms with Gasteiger partial charge in [-0.2, -0.15) is 4.98 Å². The van der Waals surface area contributed by atoms with Crippen LogP contribution in [0.3, 0.4) is 0 Å². The molecular formula is C12H12ClN3O2S. The zero-order valence-corrected chi connectivity index (χ0v) is 11.9. The molecule has 1 aliphatic rings. The van der Waals surface area contributed by atoms with Gasteiger partial charge in [0.15, 0.2) is 5.82 Å². The third kappa shape index (κ3) is 2.37. The van der Waals surface area contributed by atoms with Crippen molar-refractivity contribution in [3.63, 3.8) is 0 Å². The summed E-state index contributed by atoms with van der Waals surface area (Å²) >= 11 is 7.17. The van der Waals surface area contributed by atoms with Crippen LogP contribution in [0.1, 0.15) is 40.3 Å². The lowest BCUT2D eigenvalue weighted by atomic mass is 10.2. The van der Waals surface area contributed by atoms with Gasteiger partial charge in [0.2, 0.25) is 5.89 Å². The van der Waals surface area contributed by atoms with E-state index in [1.807, 2.05) is 0 Å². The van der Waals surface area contributed by atoms with Gasteiger partial charge in [0.25, 0.3) is 5.91 Å². The highest BCUT2D eigenvalue weighted by Crippen LogP contribution is 2.33. The third-order valence-corrected chi connectivity index (χ3v) is 4.35. The molecule has 100 valence electrons. The van der Waals surface area contributed by atoms with Crippen LogP contribution in [0.2, 0.25) is 4.34 Å². The van der Waals surface area contributed by atoms with E-state index < -0.39 is 0 Å². The highest BCUT2D eigenvalue weighted by Gasteiger charge is 2.34. The van der Waals surface area contributed by atoms with Gasteiger partial charge in [0.05, 0.1) is 9.21 Å². The van der Waals surface area contributed by atoms with Gasteiger partial charge in [-0.25, -0.2) is 0 Å². The molecule has 2 aromatic heterocycles. The molecule has 0 spiro atoms. The van der Waals surface area contributed by atoms with Crippen LogP contribution in [-0.2, 0) is 0 Å². The second-order valence-electron chi connectivity index (χ2n) is 4.44. The molecule has 1 atom stereocenters. The smallest absolute Gasteiger partial charge is 0.264 e. The summed E-state index contributed by atoms with van der Waals surface area (Å²) in [4.78, 5) is 19.1. The number of rotatable bonds is 2. The number of likely N-dealkylation sites (tertiary alicyclic amines) is 1. The molecule has 0 N–H and O–H groups in total. The summed E-state index contributed by atoms with van der Waals surface area (Å²) in [5.74, 6) is 1.09. The minimum Gasteiger partial charge on any atom is -0.337 e. The van der Waals surface area contributed by atoms with Crippen LogP contribution in [-0.4, -0.2) is 27.5 Å². The van der Waals surface area contributed by atoms with Gasteiger partial charge in [-0.15, -0.1) is 11.3 Å². The third-order valence-electron chi connectivity index (χ3n) is 3.13. The van der Waals surface area contributed by atoms with Crippen molar-refractivity contribution in [1.82, 2.24) is 15.0 Å². The summed E-state index contributed by atoms with van der Waals surface area (Å²) in [5, 5.41) is 3.79. The number of carbonyl (C=O) groups excluding carboxylic acids is 1. The maximum Gasteiger partial charge on any atom is 0.264 e. The second kappa shape index (κ2) is 4.94. The first-order valence-electron chi connectivity index (χ1n) is 6.01. The molecule has 3 heterocycles. The normalized spacial score (nSPS) is 19.1. The Bertz CT molecular complexity index is 610. The summed E-state index contributed by atoms with van der Waals surface area (Å²) in [6.07, 6.45) is 1.80. The molecule has 1 unspecified atom stereocenters. The fourth-order valence-corrected chi connectivity index (χ4v) is 3.28. The van der Waals surface area contributed by atoms with E-state index in [4.69, 9.17) is 16.1 Å². The minimum atomic E-state index is -0.116. The maximum atomic E-state index is 12.4. The summed E-state index contributed by atoms with van der Waals surface area (Å²) in [6.45, 7) is 2.48. The molecule has 1 aliphatic heterocycles. The van der Waals surface area contributed by atoms with Crippen molar-refractivity contribution in [2.45, 2.75) is 25.8 Å². The average Bonchev–Trinajstić information content (AvgIpc) is 3.07. The Kier molecular flexibility index (Phi) is 3.28. The first-order chi connectivity index (χ1) is 9.15. The van der Waals surface area contributed by atoms with Crippen LogP contribution < -0.4 is 0 Å². The highest BCUT2D eigenvalue weighted by molar-refractivity contribution is 7.17. The van der Waals surface area contributed by atoms with Crippen molar-refractivity contribution in [3.05, 3.63) is 33.1 Å². The zero-order chi connectivity index (χ0) is 13.4. The van der Waals surface area contributed by atoms with Crippen LogP contribution in [0.25, 0.3) is 0 Å². The largest absolute Gasteiger partial charge is 0.337 e. The van der Waals surface area contributed by atoms with Crippen LogP contribution in [0, 0.1) is 6.92 Å². The number of carbonyl (C=O) groups is 1. The van der Waals surface area contributed by atoms with E-state index in [1.165, 1.54) is 11.3 Å². The van der Waals surface area contributed by atoms with E-state index in [9.17, 15) is 4.79 Å². The standard InChI is InChI=1S/C12H12ClN3O2S/c1-7-14-11(18-15-7)8-3-2-6-16(8)12(17)9-4-5-10(13)19-9/h4-5,8H,2-3,6H2,1H3.